The third kappa shape index (κ3) is 9.55. The van der Waals surface area contributed by atoms with Gasteiger partial charge in [0.1, 0.15) is 19.4 Å². The van der Waals surface area contributed by atoms with Gasteiger partial charge in [0.05, 0.1) is 25.7 Å². The molecule has 8 nitrogen and oxygen atoms in total. The largest absolute Gasteiger partial charge is 0.494 e. The van der Waals surface area contributed by atoms with Crippen molar-refractivity contribution in [3.05, 3.63) is 35.3 Å². The maximum Gasteiger partial charge on any atom is 0.227 e. The van der Waals surface area contributed by atoms with Crippen molar-refractivity contribution < 1.29 is 23.4 Å². The zero-order valence-electron chi connectivity index (χ0n) is 23.5. The summed E-state index contributed by atoms with van der Waals surface area (Å²) >= 11 is 0. The molecule has 1 aromatic rings. The van der Waals surface area contributed by atoms with Gasteiger partial charge in [-0.2, -0.15) is 0 Å². The number of rotatable bonds is 18. The molecule has 1 aromatic carbocycles. The van der Waals surface area contributed by atoms with E-state index in [-0.39, 0.29) is 29.5 Å². The third-order valence-electron chi connectivity index (χ3n) is 7.63. The van der Waals surface area contributed by atoms with Crippen molar-refractivity contribution in [2.24, 2.45) is 27.7 Å². The fraction of sp³-hybridized carbons (Fsp3) is 0.621. The highest BCUT2D eigenvalue weighted by Crippen LogP contribution is 2.48. The molecule has 39 heavy (non-hydrogen) atoms. The summed E-state index contributed by atoms with van der Waals surface area (Å²) < 4.78 is 31.0. The van der Waals surface area contributed by atoms with Crippen LogP contribution >= 0.6 is 0 Å². The SMILES string of the molecule is [B]c1cc(OCCC2CC2C(CCN=C/C(=C\N=C)COC)CCNC)cc(F)c1CC(=O)N1CC(OC)C1. The molecule has 1 amide bonds. The van der Waals surface area contributed by atoms with Gasteiger partial charge in [0.25, 0.3) is 0 Å². The molecule has 212 valence electrons. The Hall–Kier alpha value is -2.56. The van der Waals surface area contributed by atoms with Crippen LogP contribution in [0.4, 0.5) is 4.39 Å². The van der Waals surface area contributed by atoms with Gasteiger partial charge in [-0.1, -0.05) is 5.46 Å². The van der Waals surface area contributed by atoms with Gasteiger partial charge in [-0.3, -0.25) is 14.8 Å². The summed E-state index contributed by atoms with van der Waals surface area (Å²) in [5.74, 6) is 1.57. The van der Waals surface area contributed by atoms with Crippen LogP contribution in [0.15, 0.2) is 33.9 Å². The van der Waals surface area contributed by atoms with Gasteiger partial charge in [-0.15, -0.1) is 0 Å². The topological polar surface area (TPSA) is 84.8 Å². The van der Waals surface area contributed by atoms with Gasteiger partial charge < -0.3 is 24.4 Å². The molecule has 2 radical (unpaired) electrons. The lowest BCUT2D eigenvalue weighted by Gasteiger charge is -2.38. The van der Waals surface area contributed by atoms with Crippen molar-refractivity contribution in [3.8, 4) is 5.75 Å². The summed E-state index contributed by atoms with van der Waals surface area (Å²) in [7, 11) is 11.3. The van der Waals surface area contributed by atoms with Crippen molar-refractivity contribution in [1.82, 2.24) is 10.2 Å². The second kappa shape index (κ2) is 15.9. The van der Waals surface area contributed by atoms with E-state index >= 15 is 0 Å². The Morgan fingerprint density at radius 2 is 2.13 bits per heavy atom. The Bertz CT molecular complexity index is 992. The van der Waals surface area contributed by atoms with Crippen molar-refractivity contribution >= 4 is 32.1 Å². The number of hydrogen-bond donors (Lipinski definition) is 1. The molecule has 2 aliphatic rings. The molecule has 0 bridgehead atoms. The summed E-state index contributed by atoms with van der Waals surface area (Å²) in [5, 5.41) is 3.26. The van der Waals surface area contributed by atoms with E-state index in [1.165, 1.54) is 12.5 Å². The van der Waals surface area contributed by atoms with E-state index in [1.807, 2.05) is 13.3 Å². The molecule has 1 aliphatic carbocycles. The number of aliphatic imine (C=N–C) groups is 2. The first-order valence-electron chi connectivity index (χ1n) is 13.7. The number of carbonyl (C=O) groups excluding carboxylic acids is 1. The fourth-order valence-corrected chi connectivity index (χ4v) is 5.18. The average molecular weight is 540 g/mol. The molecule has 1 saturated heterocycles. The summed E-state index contributed by atoms with van der Waals surface area (Å²) in [6.45, 7) is 7.24. The second-order valence-corrected chi connectivity index (χ2v) is 10.4. The van der Waals surface area contributed by atoms with Crippen molar-refractivity contribution in [3.63, 3.8) is 0 Å². The van der Waals surface area contributed by atoms with Crippen LogP contribution in [-0.4, -0.2) is 98.3 Å². The second-order valence-electron chi connectivity index (χ2n) is 10.4. The first kappa shape index (κ1) is 31.0. The predicted molar refractivity (Wildman–Crippen MR) is 154 cm³/mol. The van der Waals surface area contributed by atoms with E-state index in [1.54, 1.807) is 31.4 Å². The van der Waals surface area contributed by atoms with Crippen molar-refractivity contribution in [1.29, 1.82) is 0 Å². The van der Waals surface area contributed by atoms with Crippen LogP contribution in [0, 0.1) is 23.6 Å². The highest BCUT2D eigenvalue weighted by molar-refractivity contribution is 6.33. The number of likely N-dealkylation sites (tertiary alicyclic amines) is 1. The number of ether oxygens (including phenoxy) is 3. The zero-order valence-corrected chi connectivity index (χ0v) is 23.5. The molecule has 10 heteroatoms. The molecule has 1 saturated carbocycles. The van der Waals surface area contributed by atoms with Crippen LogP contribution in [0.5, 0.6) is 5.75 Å². The van der Waals surface area contributed by atoms with E-state index in [4.69, 9.17) is 22.1 Å². The normalized spacial score (nSPS) is 20.2. The minimum atomic E-state index is -0.508. The summed E-state index contributed by atoms with van der Waals surface area (Å²) in [5.41, 5.74) is 1.36. The van der Waals surface area contributed by atoms with Crippen LogP contribution in [-0.2, 0) is 20.7 Å². The van der Waals surface area contributed by atoms with E-state index in [0.717, 1.165) is 37.9 Å². The van der Waals surface area contributed by atoms with Crippen molar-refractivity contribution in [2.75, 3.05) is 60.7 Å². The Labute approximate surface area is 233 Å². The Morgan fingerprint density at radius 3 is 2.79 bits per heavy atom. The highest BCUT2D eigenvalue weighted by Gasteiger charge is 2.41. The quantitative estimate of drug-likeness (QED) is 0.228. The van der Waals surface area contributed by atoms with E-state index in [9.17, 15) is 9.18 Å². The van der Waals surface area contributed by atoms with E-state index in [2.05, 4.69) is 22.0 Å². The molecule has 3 atom stereocenters. The third-order valence-corrected chi connectivity index (χ3v) is 7.63. The minimum Gasteiger partial charge on any atom is -0.494 e. The molecular formula is C29H42BFN4O4. The average Bonchev–Trinajstić information content (AvgIpc) is 3.64. The van der Waals surface area contributed by atoms with Gasteiger partial charge >= 0.3 is 0 Å². The maximum atomic E-state index is 14.8. The van der Waals surface area contributed by atoms with Crippen molar-refractivity contribution in [2.45, 2.75) is 38.2 Å². The van der Waals surface area contributed by atoms with Crippen LogP contribution in [0.1, 0.15) is 31.2 Å². The molecule has 1 N–H and O–H groups in total. The molecular weight excluding hydrogens is 498 g/mol. The molecule has 2 fully saturated rings. The molecule has 3 rings (SSSR count). The van der Waals surface area contributed by atoms with Gasteiger partial charge in [-0.05, 0) is 75.4 Å². The number of halogens is 1. The number of hydrogen-bond acceptors (Lipinski definition) is 7. The first-order chi connectivity index (χ1) is 18.9. The Balaban J connectivity index is 1.44. The predicted octanol–water partition coefficient (Wildman–Crippen LogP) is 2.34. The molecule has 1 aliphatic heterocycles. The Kier molecular flexibility index (Phi) is 12.6. The summed E-state index contributed by atoms with van der Waals surface area (Å²) in [4.78, 5) is 22.4. The molecule has 3 unspecified atom stereocenters. The molecule has 1 heterocycles. The van der Waals surface area contributed by atoms with Gasteiger partial charge in [-0.25, -0.2) is 4.39 Å². The smallest absolute Gasteiger partial charge is 0.227 e. The lowest BCUT2D eigenvalue weighted by atomic mass is 9.88. The monoisotopic (exact) mass is 540 g/mol. The van der Waals surface area contributed by atoms with E-state index < -0.39 is 5.82 Å². The van der Waals surface area contributed by atoms with Gasteiger partial charge in [0.2, 0.25) is 5.91 Å². The van der Waals surface area contributed by atoms with Gasteiger partial charge in [0.15, 0.2) is 0 Å². The Morgan fingerprint density at radius 1 is 1.33 bits per heavy atom. The zero-order chi connectivity index (χ0) is 28.2. The number of carbonyl (C=O) groups is 1. The first-order valence-corrected chi connectivity index (χ1v) is 13.7. The van der Waals surface area contributed by atoms with E-state index in [0.29, 0.717) is 49.8 Å². The lowest BCUT2D eigenvalue weighted by molar-refractivity contribution is -0.142. The number of nitrogens with zero attached hydrogens (tertiary/aromatic N) is 3. The minimum absolute atomic E-state index is 0.0574. The summed E-state index contributed by atoms with van der Waals surface area (Å²) in [6.07, 6.45) is 7.69. The number of benzene rings is 1. The lowest BCUT2D eigenvalue weighted by Crippen LogP contribution is -2.55. The van der Waals surface area contributed by atoms with Gasteiger partial charge in [0, 0.05) is 57.9 Å². The summed E-state index contributed by atoms with van der Waals surface area (Å²) in [6, 6.07) is 2.95. The van der Waals surface area contributed by atoms with Crippen LogP contribution in [0.3, 0.4) is 0 Å². The number of methoxy groups -OCH3 is 2. The standard InChI is InChI=1S/C29H42BFN4O4/c1-32-8-5-21(6-9-34-16-20(15-33-2)19-37-3)25-11-22(25)7-10-39-23-12-27(30)26(28(31)13-23)14-29(36)35-17-24(18-35)38-4/h12-13,15-16,21-22,24-25,32H,2,5-11,14,17-19H2,1,3-4H3/b20-15+,34-16?. The fourth-order valence-electron chi connectivity index (χ4n) is 5.18. The maximum absolute atomic E-state index is 14.8. The molecule has 0 aromatic heterocycles. The van der Waals surface area contributed by atoms with Crippen LogP contribution in [0.25, 0.3) is 0 Å². The van der Waals surface area contributed by atoms with Crippen LogP contribution in [0.2, 0.25) is 0 Å². The van der Waals surface area contributed by atoms with Crippen LogP contribution < -0.4 is 15.5 Å². The molecule has 0 spiro atoms. The number of nitrogens with one attached hydrogen (secondary N) is 1. The highest BCUT2D eigenvalue weighted by atomic mass is 19.1. The number of amides is 1.